The Morgan fingerprint density at radius 2 is 2.10 bits per heavy atom. The summed E-state index contributed by atoms with van der Waals surface area (Å²) >= 11 is 0. The third-order valence-corrected chi connectivity index (χ3v) is 4.00. The van der Waals surface area contributed by atoms with Crippen LogP contribution in [0.15, 0.2) is 30.3 Å². The maximum atomic E-state index is 6.15. The van der Waals surface area contributed by atoms with Gasteiger partial charge in [-0.05, 0) is 41.4 Å². The summed E-state index contributed by atoms with van der Waals surface area (Å²) in [4.78, 5) is 2.33. The second-order valence-corrected chi connectivity index (χ2v) is 5.51. The lowest BCUT2D eigenvalue weighted by atomic mass is 9.94. The van der Waals surface area contributed by atoms with E-state index < -0.39 is 0 Å². The molecule has 0 bridgehead atoms. The summed E-state index contributed by atoms with van der Waals surface area (Å²) in [5.74, 6) is 1.45. The van der Waals surface area contributed by atoms with E-state index in [4.69, 9.17) is 5.73 Å². The van der Waals surface area contributed by atoms with Crippen molar-refractivity contribution in [1.82, 2.24) is 25.1 Å². The fourth-order valence-corrected chi connectivity index (χ4v) is 2.59. The third kappa shape index (κ3) is 2.71. The highest BCUT2D eigenvalue weighted by molar-refractivity contribution is 5.30. The van der Waals surface area contributed by atoms with Crippen LogP contribution in [-0.4, -0.2) is 44.2 Å². The molecule has 2 N–H and O–H groups in total. The molecular weight excluding hydrogens is 252 g/mol. The van der Waals surface area contributed by atoms with Gasteiger partial charge in [-0.2, -0.15) is 4.68 Å². The molecule has 1 saturated heterocycles. The molecule has 2 atom stereocenters. The summed E-state index contributed by atoms with van der Waals surface area (Å²) in [7, 11) is 0. The average Bonchev–Trinajstić information content (AvgIpc) is 2.92. The quantitative estimate of drug-likeness (QED) is 0.896. The van der Waals surface area contributed by atoms with E-state index in [1.165, 1.54) is 0 Å². The minimum absolute atomic E-state index is 0.241. The van der Waals surface area contributed by atoms with Crippen LogP contribution in [-0.2, 0) is 6.54 Å². The number of para-hydroxylation sites is 1. The first-order valence-corrected chi connectivity index (χ1v) is 7.04. The van der Waals surface area contributed by atoms with Crippen molar-refractivity contribution < 1.29 is 0 Å². The van der Waals surface area contributed by atoms with Crippen molar-refractivity contribution in [3.05, 3.63) is 36.2 Å². The molecule has 1 aromatic carbocycles. The lowest BCUT2D eigenvalue weighted by Crippen LogP contribution is -2.47. The molecule has 6 heteroatoms. The summed E-state index contributed by atoms with van der Waals surface area (Å²) in [6.07, 6.45) is 1.13. The van der Waals surface area contributed by atoms with Crippen molar-refractivity contribution in [2.24, 2.45) is 11.7 Å². The van der Waals surface area contributed by atoms with Crippen molar-refractivity contribution in [3.8, 4) is 5.69 Å². The van der Waals surface area contributed by atoms with Gasteiger partial charge in [0.15, 0.2) is 5.82 Å². The summed E-state index contributed by atoms with van der Waals surface area (Å²) in [5.41, 5.74) is 7.13. The van der Waals surface area contributed by atoms with Crippen LogP contribution in [0.2, 0.25) is 0 Å². The molecule has 1 aliphatic rings. The van der Waals surface area contributed by atoms with E-state index >= 15 is 0 Å². The lowest BCUT2D eigenvalue weighted by molar-refractivity contribution is 0.158. The van der Waals surface area contributed by atoms with Gasteiger partial charge in [0.05, 0.1) is 12.2 Å². The summed E-state index contributed by atoms with van der Waals surface area (Å²) in [6.45, 7) is 4.91. The predicted octanol–water partition coefficient (Wildman–Crippen LogP) is 0.831. The zero-order chi connectivity index (χ0) is 13.9. The van der Waals surface area contributed by atoms with Gasteiger partial charge >= 0.3 is 0 Å². The van der Waals surface area contributed by atoms with Gasteiger partial charge in [-0.15, -0.1) is 5.10 Å². The number of aromatic nitrogens is 4. The van der Waals surface area contributed by atoms with Crippen LogP contribution in [0.1, 0.15) is 19.2 Å². The molecule has 2 aromatic rings. The van der Waals surface area contributed by atoms with Crippen molar-refractivity contribution in [2.75, 3.05) is 13.1 Å². The Labute approximate surface area is 118 Å². The molecule has 0 spiro atoms. The molecule has 106 valence electrons. The number of nitrogens with zero attached hydrogens (tertiary/aromatic N) is 5. The number of nitrogens with two attached hydrogens (primary N) is 1. The van der Waals surface area contributed by atoms with E-state index in [0.717, 1.165) is 37.6 Å². The van der Waals surface area contributed by atoms with E-state index in [1.54, 1.807) is 4.68 Å². The Bertz CT molecular complexity index is 552. The van der Waals surface area contributed by atoms with Crippen LogP contribution in [0.4, 0.5) is 0 Å². The first-order valence-electron chi connectivity index (χ1n) is 7.04. The molecule has 3 rings (SSSR count). The molecule has 0 saturated carbocycles. The monoisotopic (exact) mass is 272 g/mol. The van der Waals surface area contributed by atoms with Gasteiger partial charge < -0.3 is 5.73 Å². The first kappa shape index (κ1) is 13.2. The fourth-order valence-electron chi connectivity index (χ4n) is 2.59. The Morgan fingerprint density at radius 1 is 1.30 bits per heavy atom. The Hall–Kier alpha value is -1.79. The standard InChI is InChI=1S/C14H20N6/c1-11-7-8-19(9-13(11)15)10-14-16-17-18-20(14)12-5-3-2-4-6-12/h2-6,11,13H,7-10,15H2,1H3. The Kier molecular flexibility index (Phi) is 3.75. The zero-order valence-corrected chi connectivity index (χ0v) is 11.7. The highest BCUT2D eigenvalue weighted by Crippen LogP contribution is 2.17. The topological polar surface area (TPSA) is 72.9 Å². The number of benzene rings is 1. The second kappa shape index (κ2) is 5.68. The van der Waals surface area contributed by atoms with Crippen molar-refractivity contribution >= 4 is 0 Å². The molecule has 20 heavy (non-hydrogen) atoms. The van der Waals surface area contributed by atoms with Crippen LogP contribution >= 0.6 is 0 Å². The number of rotatable bonds is 3. The molecule has 1 fully saturated rings. The second-order valence-electron chi connectivity index (χ2n) is 5.51. The maximum Gasteiger partial charge on any atom is 0.170 e. The SMILES string of the molecule is CC1CCN(Cc2nnnn2-c2ccccc2)CC1N. The van der Waals surface area contributed by atoms with Crippen LogP contribution in [0.5, 0.6) is 0 Å². The molecule has 6 nitrogen and oxygen atoms in total. The van der Waals surface area contributed by atoms with Crippen molar-refractivity contribution in [1.29, 1.82) is 0 Å². The molecule has 0 amide bonds. The maximum absolute atomic E-state index is 6.15. The summed E-state index contributed by atoms with van der Waals surface area (Å²) in [5, 5.41) is 12.0. The van der Waals surface area contributed by atoms with E-state index in [0.29, 0.717) is 5.92 Å². The van der Waals surface area contributed by atoms with Crippen molar-refractivity contribution in [2.45, 2.75) is 25.9 Å². The highest BCUT2D eigenvalue weighted by Gasteiger charge is 2.24. The highest BCUT2D eigenvalue weighted by atomic mass is 15.5. The molecule has 0 radical (unpaired) electrons. The Balaban J connectivity index is 1.75. The van der Waals surface area contributed by atoms with E-state index in [1.807, 2.05) is 30.3 Å². The van der Waals surface area contributed by atoms with Gasteiger partial charge in [-0.3, -0.25) is 4.90 Å². The molecule has 0 aliphatic carbocycles. The van der Waals surface area contributed by atoms with Crippen molar-refractivity contribution in [3.63, 3.8) is 0 Å². The van der Waals surface area contributed by atoms with Crippen LogP contribution in [0.3, 0.4) is 0 Å². The minimum Gasteiger partial charge on any atom is -0.326 e. The van der Waals surface area contributed by atoms with E-state index in [-0.39, 0.29) is 6.04 Å². The predicted molar refractivity (Wildman–Crippen MR) is 76.2 cm³/mol. The fraction of sp³-hybridized carbons (Fsp3) is 0.500. The summed E-state index contributed by atoms with van der Waals surface area (Å²) in [6, 6.07) is 10.2. The smallest absolute Gasteiger partial charge is 0.170 e. The molecule has 2 heterocycles. The average molecular weight is 272 g/mol. The van der Waals surface area contributed by atoms with Gasteiger partial charge in [-0.1, -0.05) is 25.1 Å². The van der Waals surface area contributed by atoms with E-state index in [9.17, 15) is 0 Å². The normalized spacial score (nSPS) is 23.9. The largest absolute Gasteiger partial charge is 0.326 e. The lowest BCUT2D eigenvalue weighted by Gasteiger charge is -2.34. The van der Waals surface area contributed by atoms with E-state index in [2.05, 4.69) is 27.3 Å². The molecule has 1 aromatic heterocycles. The molecule has 2 unspecified atom stereocenters. The van der Waals surface area contributed by atoms with Crippen LogP contribution in [0.25, 0.3) is 5.69 Å². The number of hydrogen-bond donors (Lipinski definition) is 1. The van der Waals surface area contributed by atoms with Crippen LogP contribution < -0.4 is 5.73 Å². The number of likely N-dealkylation sites (tertiary alicyclic amines) is 1. The molecule has 1 aliphatic heterocycles. The Morgan fingerprint density at radius 3 is 2.85 bits per heavy atom. The summed E-state index contributed by atoms with van der Waals surface area (Å²) < 4.78 is 1.80. The number of tetrazole rings is 1. The van der Waals surface area contributed by atoms with Gasteiger partial charge in [0.25, 0.3) is 0 Å². The first-order chi connectivity index (χ1) is 9.74. The van der Waals surface area contributed by atoms with Gasteiger partial charge in [0, 0.05) is 12.6 Å². The molecular formula is C14H20N6. The van der Waals surface area contributed by atoms with Gasteiger partial charge in [-0.25, -0.2) is 0 Å². The number of hydrogen-bond acceptors (Lipinski definition) is 5. The number of piperidine rings is 1. The third-order valence-electron chi connectivity index (χ3n) is 4.00. The van der Waals surface area contributed by atoms with Gasteiger partial charge in [0.1, 0.15) is 0 Å². The minimum atomic E-state index is 0.241. The zero-order valence-electron chi connectivity index (χ0n) is 11.7. The van der Waals surface area contributed by atoms with Gasteiger partial charge in [0.2, 0.25) is 0 Å². The van der Waals surface area contributed by atoms with Crippen LogP contribution in [0, 0.1) is 5.92 Å².